The lowest BCUT2D eigenvalue weighted by Gasteiger charge is -2.32. The third-order valence-corrected chi connectivity index (χ3v) is 4.76. The first-order valence-corrected chi connectivity index (χ1v) is 9.12. The minimum Gasteiger partial charge on any atom is -0.434 e. The number of carbonyl (C=O) groups excluding carboxylic acids is 1. The highest BCUT2D eigenvalue weighted by atomic mass is 19.1. The number of para-hydroxylation sites is 1. The molecule has 2 aromatic heterocycles. The van der Waals surface area contributed by atoms with Crippen LogP contribution in [0.2, 0.25) is 0 Å². The first-order valence-electron chi connectivity index (χ1n) is 9.12. The van der Waals surface area contributed by atoms with Crippen LogP contribution in [0, 0.1) is 5.82 Å². The predicted molar refractivity (Wildman–Crippen MR) is 99.6 cm³/mol. The zero-order valence-corrected chi connectivity index (χ0v) is 15.5. The maximum absolute atomic E-state index is 13.8. The number of rotatable bonds is 4. The van der Waals surface area contributed by atoms with Crippen molar-refractivity contribution in [3.63, 3.8) is 0 Å². The van der Waals surface area contributed by atoms with Gasteiger partial charge in [-0.05, 0) is 25.0 Å². The van der Waals surface area contributed by atoms with Crippen LogP contribution >= 0.6 is 0 Å². The van der Waals surface area contributed by atoms with E-state index in [4.69, 9.17) is 4.74 Å². The summed E-state index contributed by atoms with van der Waals surface area (Å²) in [6, 6.07) is 6.16. The van der Waals surface area contributed by atoms with Gasteiger partial charge >= 0.3 is 0 Å². The smallest absolute Gasteiger partial charge is 0.257 e. The van der Waals surface area contributed by atoms with E-state index in [0.29, 0.717) is 18.7 Å². The largest absolute Gasteiger partial charge is 0.434 e. The van der Waals surface area contributed by atoms with Gasteiger partial charge < -0.3 is 9.64 Å². The Kier molecular flexibility index (Phi) is 5.01. The molecule has 8 heteroatoms. The van der Waals surface area contributed by atoms with Crippen LogP contribution in [-0.4, -0.2) is 43.6 Å². The average Bonchev–Trinajstić information content (AvgIpc) is 3.16. The van der Waals surface area contributed by atoms with Crippen molar-refractivity contribution in [3.8, 4) is 11.6 Å². The molecule has 1 saturated heterocycles. The summed E-state index contributed by atoms with van der Waals surface area (Å²) in [4.78, 5) is 23.2. The van der Waals surface area contributed by atoms with Crippen LogP contribution in [0.1, 0.15) is 34.8 Å². The summed E-state index contributed by atoms with van der Waals surface area (Å²) >= 11 is 0. The van der Waals surface area contributed by atoms with E-state index in [1.165, 1.54) is 12.3 Å². The fourth-order valence-electron chi connectivity index (χ4n) is 3.37. The second-order valence-corrected chi connectivity index (χ2v) is 6.81. The maximum atomic E-state index is 13.8. The number of aryl methyl sites for hydroxylation is 1. The lowest BCUT2D eigenvalue weighted by atomic mass is 9.94. The van der Waals surface area contributed by atoms with Gasteiger partial charge in [-0.2, -0.15) is 5.10 Å². The van der Waals surface area contributed by atoms with Crippen LogP contribution in [0.5, 0.6) is 11.6 Å². The van der Waals surface area contributed by atoms with Crippen LogP contribution in [0.25, 0.3) is 0 Å². The fourth-order valence-corrected chi connectivity index (χ4v) is 3.37. The second-order valence-electron chi connectivity index (χ2n) is 6.81. The number of nitrogens with zero attached hydrogens (tertiary/aromatic N) is 5. The van der Waals surface area contributed by atoms with Crippen molar-refractivity contribution < 1.29 is 13.9 Å². The summed E-state index contributed by atoms with van der Waals surface area (Å²) in [5.41, 5.74) is 1.31. The molecule has 7 nitrogen and oxygen atoms in total. The molecular formula is C20H20FN5O2. The van der Waals surface area contributed by atoms with Crippen LogP contribution in [0.3, 0.4) is 0 Å². The van der Waals surface area contributed by atoms with E-state index in [1.54, 1.807) is 48.5 Å². The zero-order valence-electron chi connectivity index (χ0n) is 15.5. The molecule has 0 spiro atoms. The zero-order chi connectivity index (χ0) is 19.5. The van der Waals surface area contributed by atoms with Gasteiger partial charge in [0.1, 0.15) is 0 Å². The van der Waals surface area contributed by atoms with Crippen LogP contribution in [-0.2, 0) is 7.05 Å². The van der Waals surface area contributed by atoms with Crippen LogP contribution in [0.15, 0.2) is 49.1 Å². The van der Waals surface area contributed by atoms with Gasteiger partial charge in [-0.15, -0.1) is 0 Å². The van der Waals surface area contributed by atoms with Crippen molar-refractivity contribution in [1.82, 2.24) is 24.6 Å². The third kappa shape index (κ3) is 3.85. The second kappa shape index (κ2) is 7.75. The van der Waals surface area contributed by atoms with E-state index in [1.807, 2.05) is 4.90 Å². The minimum atomic E-state index is -0.458. The molecular weight excluding hydrogens is 361 g/mol. The molecule has 1 aliphatic heterocycles. The van der Waals surface area contributed by atoms with E-state index < -0.39 is 5.82 Å². The Bertz CT molecular complexity index is 990. The van der Waals surface area contributed by atoms with Crippen molar-refractivity contribution in [2.45, 2.75) is 18.8 Å². The molecule has 3 heterocycles. The normalized spacial score (nSPS) is 16.8. The summed E-state index contributed by atoms with van der Waals surface area (Å²) in [6.45, 7) is 1.24. The quantitative estimate of drug-likeness (QED) is 0.694. The summed E-state index contributed by atoms with van der Waals surface area (Å²) < 4.78 is 21.0. The molecule has 1 fully saturated rings. The number of hydrogen-bond donors (Lipinski definition) is 0. The number of hydrogen-bond acceptors (Lipinski definition) is 5. The SMILES string of the molecule is Cn1cc(C(=O)N2CCC[C@@H](c3cncc(Oc4ccccc4F)n3)C2)cn1. The third-order valence-electron chi connectivity index (χ3n) is 4.76. The molecule has 0 radical (unpaired) electrons. The Morgan fingerprint density at radius 2 is 2.11 bits per heavy atom. The highest BCUT2D eigenvalue weighted by Gasteiger charge is 2.27. The molecule has 0 saturated carbocycles. The number of aromatic nitrogens is 4. The molecule has 28 heavy (non-hydrogen) atoms. The monoisotopic (exact) mass is 381 g/mol. The maximum Gasteiger partial charge on any atom is 0.257 e. The molecule has 1 atom stereocenters. The van der Waals surface area contributed by atoms with E-state index in [2.05, 4.69) is 15.1 Å². The molecule has 144 valence electrons. The first-order chi connectivity index (χ1) is 13.6. The highest BCUT2D eigenvalue weighted by molar-refractivity contribution is 5.93. The van der Waals surface area contributed by atoms with Crippen LogP contribution in [0.4, 0.5) is 4.39 Å². The lowest BCUT2D eigenvalue weighted by Crippen LogP contribution is -2.39. The molecule has 1 amide bonds. The molecule has 1 aliphatic rings. The summed E-state index contributed by atoms with van der Waals surface area (Å²) in [5.74, 6) is -0.111. The van der Waals surface area contributed by atoms with Gasteiger partial charge in [-0.1, -0.05) is 12.1 Å². The molecule has 0 aliphatic carbocycles. The van der Waals surface area contributed by atoms with Gasteiger partial charge in [-0.3, -0.25) is 14.5 Å². The van der Waals surface area contributed by atoms with Crippen molar-refractivity contribution in [1.29, 1.82) is 0 Å². The fraction of sp³-hybridized carbons (Fsp3) is 0.300. The van der Waals surface area contributed by atoms with Crippen molar-refractivity contribution >= 4 is 5.91 Å². The highest BCUT2D eigenvalue weighted by Crippen LogP contribution is 2.28. The molecule has 3 aromatic rings. The molecule has 4 rings (SSSR count). The van der Waals surface area contributed by atoms with Gasteiger partial charge in [0.2, 0.25) is 5.88 Å². The summed E-state index contributed by atoms with van der Waals surface area (Å²) in [7, 11) is 1.78. The Labute approximate surface area is 161 Å². The van der Waals surface area contributed by atoms with Crippen molar-refractivity contribution in [3.05, 3.63) is 66.1 Å². The summed E-state index contributed by atoms with van der Waals surface area (Å²) in [5, 5.41) is 4.07. The molecule has 0 unspecified atom stereocenters. The molecule has 0 bridgehead atoms. The van der Waals surface area contributed by atoms with E-state index >= 15 is 0 Å². The Balaban J connectivity index is 1.49. The topological polar surface area (TPSA) is 73.1 Å². The van der Waals surface area contributed by atoms with E-state index in [-0.39, 0.29) is 23.5 Å². The predicted octanol–water partition coefficient (Wildman–Crippen LogP) is 3.16. The Morgan fingerprint density at radius 1 is 1.25 bits per heavy atom. The number of piperidine rings is 1. The first kappa shape index (κ1) is 18.1. The molecule has 0 N–H and O–H groups in total. The molecule has 1 aromatic carbocycles. The van der Waals surface area contributed by atoms with Gasteiger partial charge in [0.15, 0.2) is 11.6 Å². The average molecular weight is 381 g/mol. The number of amides is 1. The van der Waals surface area contributed by atoms with Gasteiger partial charge in [-0.25, -0.2) is 9.37 Å². The van der Waals surface area contributed by atoms with Gasteiger partial charge in [0.05, 0.1) is 23.7 Å². The van der Waals surface area contributed by atoms with Gasteiger partial charge in [0.25, 0.3) is 5.91 Å². The van der Waals surface area contributed by atoms with E-state index in [9.17, 15) is 9.18 Å². The lowest BCUT2D eigenvalue weighted by molar-refractivity contribution is 0.0705. The summed E-state index contributed by atoms with van der Waals surface area (Å²) in [6.07, 6.45) is 8.20. The van der Waals surface area contributed by atoms with Crippen molar-refractivity contribution in [2.24, 2.45) is 7.05 Å². The number of benzene rings is 1. The number of halogens is 1. The van der Waals surface area contributed by atoms with Gasteiger partial charge in [0, 0.05) is 38.4 Å². The number of carbonyl (C=O) groups is 1. The standard InChI is InChI=1S/C20H20FN5O2/c1-25-12-15(9-23-25)20(27)26-8-4-5-14(13-26)17-10-22-11-19(24-17)28-18-7-3-2-6-16(18)21/h2-3,6-7,9-12,14H,4-5,8,13H2,1H3/t14-/m1/s1. The number of ether oxygens (including phenoxy) is 1. The number of likely N-dealkylation sites (tertiary alicyclic amines) is 1. The minimum absolute atomic E-state index is 0.0375. The Hall–Kier alpha value is -3.29. The Morgan fingerprint density at radius 3 is 2.89 bits per heavy atom. The van der Waals surface area contributed by atoms with Crippen LogP contribution < -0.4 is 4.74 Å². The van der Waals surface area contributed by atoms with Crippen molar-refractivity contribution in [2.75, 3.05) is 13.1 Å². The van der Waals surface area contributed by atoms with E-state index in [0.717, 1.165) is 18.5 Å².